The molecule has 0 radical (unpaired) electrons. The molecule has 0 aliphatic heterocycles. The lowest BCUT2D eigenvalue weighted by Crippen LogP contribution is -2.12. The molecule has 0 saturated carbocycles. The molecule has 0 bridgehead atoms. The molecule has 0 fully saturated rings. The van der Waals surface area contributed by atoms with E-state index in [1.807, 2.05) is 0 Å². The Morgan fingerprint density at radius 1 is 1.50 bits per heavy atom. The molecule has 6 heteroatoms. The smallest absolute Gasteiger partial charge is 0.257 e. The molecule has 2 rings (SSSR count). The highest BCUT2D eigenvalue weighted by Gasteiger charge is 2.11. The molecule has 1 heterocycles. The van der Waals surface area contributed by atoms with Crippen molar-refractivity contribution in [2.45, 2.75) is 0 Å². The molecule has 1 amide bonds. The van der Waals surface area contributed by atoms with Crippen LogP contribution < -0.4 is 11.1 Å². The van der Waals surface area contributed by atoms with E-state index in [1.54, 1.807) is 18.3 Å². The number of aromatic amines is 1. The van der Waals surface area contributed by atoms with Crippen LogP contribution >= 0.6 is 11.6 Å². The molecule has 0 aliphatic rings. The lowest BCUT2D eigenvalue weighted by Gasteiger charge is -2.05. The lowest BCUT2D eigenvalue weighted by atomic mass is 10.2. The quantitative estimate of drug-likeness (QED) is 0.697. The van der Waals surface area contributed by atoms with E-state index in [-0.39, 0.29) is 5.91 Å². The normalized spacial score (nSPS) is 10.1. The van der Waals surface area contributed by atoms with Gasteiger partial charge in [0.05, 0.1) is 22.5 Å². The SMILES string of the molecule is Nc1ccc(Cl)c(C(=O)Nc2cn[nH]c2)c1. The number of nitrogens with one attached hydrogen (secondary N) is 2. The number of nitrogens with zero attached hydrogens (tertiary/aromatic N) is 1. The first-order valence-electron chi connectivity index (χ1n) is 4.52. The summed E-state index contributed by atoms with van der Waals surface area (Å²) in [7, 11) is 0. The zero-order valence-corrected chi connectivity index (χ0v) is 8.95. The number of nitrogens with two attached hydrogens (primary N) is 1. The Bertz CT molecular complexity index is 510. The van der Waals surface area contributed by atoms with Crippen molar-refractivity contribution in [3.05, 3.63) is 41.2 Å². The molecule has 4 N–H and O–H groups in total. The van der Waals surface area contributed by atoms with Gasteiger partial charge in [0.25, 0.3) is 5.91 Å². The van der Waals surface area contributed by atoms with Crippen LogP contribution in [-0.4, -0.2) is 16.1 Å². The molecule has 82 valence electrons. The van der Waals surface area contributed by atoms with Gasteiger partial charge in [-0.15, -0.1) is 0 Å². The van der Waals surface area contributed by atoms with E-state index in [9.17, 15) is 4.79 Å². The lowest BCUT2D eigenvalue weighted by molar-refractivity contribution is 0.102. The summed E-state index contributed by atoms with van der Waals surface area (Å²) in [5.74, 6) is -0.321. The summed E-state index contributed by atoms with van der Waals surface area (Å²) in [6, 6.07) is 4.75. The predicted octanol–water partition coefficient (Wildman–Crippen LogP) is 1.90. The monoisotopic (exact) mass is 236 g/mol. The van der Waals surface area contributed by atoms with Crippen molar-refractivity contribution < 1.29 is 4.79 Å². The van der Waals surface area contributed by atoms with Gasteiger partial charge < -0.3 is 11.1 Å². The second-order valence-electron chi connectivity index (χ2n) is 3.18. The van der Waals surface area contributed by atoms with Gasteiger partial charge in [0.15, 0.2) is 0 Å². The Labute approximate surface area is 96.6 Å². The van der Waals surface area contributed by atoms with E-state index < -0.39 is 0 Å². The second-order valence-corrected chi connectivity index (χ2v) is 3.59. The van der Waals surface area contributed by atoms with Gasteiger partial charge in [-0.3, -0.25) is 9.89 Å². The number of nitrogen functional groups attached to an aromatic ring is 1. The Morgan fingerprint density at radius 2 is 2.31 bits per heavy atom. The number of amides is 1. The van der Waals surface area contributed by atoms with Crippen LogP contribution in [0, 0.1) is 0 Å². The van der Waals surface area contributed by atoms with Crippen LogP contribution in [-0.2, 0) is 0 Å². The fraction of sp³-hybridized carbons (Fsp3) is 0. The van der Waals surface area contributed by atoms with Crippen LogP contribution in [0.3, 0.4) is 0 Å². The maximum absolute atomic E-state index is 11.8. The number of hydrogen-bond acceptors (Lipinski definition) is 3. The van der Waals surface area contributed by atoms with Gasteiger partial charge in [-0.2, -0.15) is 5.10 Å². The van der Waals surface area contributed by atoms with Crippen LogP contribution in [0.1, 0.15) is 10.4 Å². The highest BCUT2D eigenvalue weighted by atomic mass is 35.5. The van der Waals surface area contributed by atoms with Crippen LogP contribution in [0.4, 0.5) is 11.4 Å². The zero-order valence-electron chi connectivity index (χ0n) is 8.20. The first-order valence-corrected chi connectivity index (χ1v) is 4.90. The Hall–Kier alpha value is -2.01. The van der Waals surface area contributed by atoms with Gasteiger partial charge in [0.1, 0.15) is 0 Å². The minimum Gasteiger partial charge on any atom is -0.399 e. The predicted molar refractivity (Wildman–Crippen MR) is 62.4 cm³/mol. The summed E-state index contributed by atoms with van der Waals surface area (Å²) < 4.78 is 0. The molecule has 0 unspecified atom stereocenters. The van der Waals surface area contributed by atoms with E-state index in [4.69, 9.17) is 17.3 Å². The van der Waals surface area contributed by atoms with Gasteiger partial charge in [-0.05, 0) is 18.2 Å². The number of H-pyrrole nitrogens is 1. The second kappa shape index (κ2) is 4.24. The molecule has 0 aliphatic carbocycles. The molecule has 5 nitrogen and oxygen atoms in total. The average Bonchev–Trinajstić information content (AvgIpc) is 2.74. The van der Waals surface area contributed by atoms with Crippen LogP contribution in [0.5, 0.6) is 0 Å². The maximum atomic E-state index is 11.8. The van der Waals surface area contributed by atoms with Gasteiger partial charge in [0.2, 0.25) is 0 Å². The standard InChI is InChI=1S/C10H9ClN4O/c11-9-2-1-6(12)3-8(9)10(16)15-7-4-13-14-5-7/h1-5H,12H2,(H,13,14)(H,15,16). The van der Waals surface area contributed by atoms with E-state index >= 15 is 0 Å². The minimum atomic E-state index is -0.321. The number of anilines is 2. The summed E-state index contributed by atoms with van der Waals surface area (Å²) in [6.45, 7) is 0. The van der Waals surface area contributed by atoms with E-state index in [2.05, 4.69) is 15.5 Å². The van der Waals surface area contributed by atoms with Gasteiger partial charge in [0, 0.05) is 11.9 Å². The number of rotatable bonds is 2. The summed E-state index contributed by atoms with van der Waals surface area (Å²) in [5.41, 5.74) is 6.98. The summed E-state index contributed by atoms with van der Waals surface area (Å²) in [4.78, 5) is 11.8. The highest BCUT2D eigenvalue weighted by Crippen LogP contribution is 2.19. The third-order valence-corrected chi connectivity index (χ3v) is 2.32. The highest BCUT2D eigenvalue weighted by molar-refractivity contribution is 6.34. The van der Waals surface area contributed by atoms with E-state index in [1.165, 1.54) is 12.3 Å². The average molecular weight is 237 g/mol. The van der Waals surface area contributed by atoms with Crippen LogP contribution in [0.2, 0.25) is 5.02 Å². The number of halogens is 1. The van der Waals surface area contributed by atoms with Gasteiger partial charge in [-0.1, -0.05) is 11.6 Å². The van der Waals surface area contributed by atoms with Gasteiger partial charge >= 0.3 is 0 Å². The fourth-order valence-electron chi connectivity index (χ4n) is 1.23. The third kappa shape index (κ3) is 2.14. The van der Waals surface area contributed by atoms with Crippen LogP contribution in [0.15, 0.2) is 30.6 Å². The molecule has 0 atom stereocenters. The summed E-state index contributed by atoms with van der Waals surface area (Å²) >= 11 is 5.89. The van der Waals surface area contributed by atoms with Crippen molar-refractivity contribution in [3.8, 4) is 0 Å². The van der Waals surface area contributed by atoms with Gasteiger partial charge in [-0.25, -0.2) is 0 Å². The van der Waals surface area contributed by atoms with Crippen molar-refractivity contribution >= 4 is 28.9 Å². The minimum absolute atomic E-state index is 0.321. The van der Waals surface area contributed by atoms with E-state index in [0.717, 1.165) is 0 Å². The van der Waals surface area contributed by atoms with Crippen molar-refractivity contribution in [1.82, 2.24) is 10.2 Å². The molecule has 2 aromatic rings. The summed E-state index contributed by atoms with van der Waals surface area (Å²) in [6.07, 6.45) is 3.07. The zero-order chi connectivity index (χ0) is 11.5. The van der Waals surface area contributed by atoms with Crippen molar-refractivity contribution in [2.75, 3.05) is 11.1 Å². The molecule has 0 saturated heterocycles. The Balaban J connectivity index is 2.24. The first-order chi connectivity index (χ1) is 7.66. The number of carbonyl (C=O) groups excluding carboxylic acids is 1. The summed E-state index contributed by atoms with van der Waals surface area (Å²) in [5, 5.41) is 9.29. The van der Waals surface area contributed by atoms with Crippen LogP contribution in [0.25, 0.3) is 0 Å². The Kier molecular flexibility index (Phi) is 2.78. The molecular weight excluding hydrogens is 228 g/mol. The van der Waals surface area contributed by atoms with Crippen molar-refractivity contribution in [1.29, 1.82) is 0 Å². The largest absolute Gasteiger partial charge is 0.399 e. The molecule has 1 aromatic carbocycles. The topological polar surface area (TPSA) is 83.8 Å². The number of hydrogen-bond donors (Lipinski definition) is 3. The Morgan fingerprint density at radius 3 is 3.00 bits per heavy atom. The van der Waals surface area contributed by atoms with E-state index in [0.29, 0.717) is 22.0 Å². The maximum Gasteiger partial charge on any atom is 0.257 e. The number of benzene rings is 1. The third-order valence-electron chi connectivity index (χ3n) is 1.99. The molecular formula is C10H9ClN4O. The number of aromatic nitrogens is 2. The molecule has 0 spiro atoms. The van der Waals surface area contributed by atoms with Crippen molar-refractivity contribution in [2.24, 2.45) is 0 Å². The fourth-order valence-corrected chi connectivity index (χ4v) is 1.44. The number of carbonyl (C=O) groups is 1. The molecule has 16 heavy (non-hydrogen) atoms. The first kappa shape index (κ1) is 10.5. The van der Waals surface area contributed by atoms with Crippen molar-refractivity contribution in [3.63, 3.8) is 0 Å². The molecule has 1 aromatic heterocycles.